The number of benzene rings is 1. The van der Waals surface area contributed by atoms with Crippen LogP contribution in [0, 0.1) is 12.8 Å². The number of carbonyl (C=O) groups is 2. The van der Waals surface area contributed by atoms with Crippen LogP contribution in [0.1, 0.15) is 49.7 Å². The Hall–Kier alpha value is -1.84. The van der Waals surface area contributed by atoms with Gasteiger partial charge in [-0.05, 0) is 51.0 Å². The molecule has 2 aliphatic carbocycles. The molecule has 24 heavy (non-hydrogen) atoms. The average Bonchev–Trinajstić information content (AvgIpc) is 3.49. The molecule has 0 spiro atoms. The molecule has 1 saturated heterocycles. The molecule has 2 saturated carbocycles. The van der Waals surface area contributed by atoms with Crippen LogP contribution < -0.4 is 0 Å². The van der Waals surface area contributed by atoms with Gasteiger partial charge in [-0.2, -0.15) is 0 Å². The molecule has 4 heteroatoms. The first kappa shape index (κ1) is 15.7. The van der Waals surface area contributed by atoms with Crippen LogP contribution >= 0.6 is 0 Å². The van der Waals surface area contributed by atoms with E-state index in [0.29, 0.717) is 12.6 Å². The summed E-state index contributed by atoms with van der Waals surface area (Å²) < 4.78 is 0. The molecule has 3 fully saturated rings. The molecule has 0 radical (unpaired) electrons. The number of likely N-dealkylation sites (tertiary alicyclic amines) is 1. The fourth-order valence-electron chi connectivity index (χ4n) is 3.82. The van der Waals surface area contributed by atoms with Gasteiger partial charge in [0.15, 0.2) is 0 Å². The first-order chi connectivity index (χ1) is 11.6. The maximum absolute atomic E-state index is 13.2. The summed E-state index contributed by atoms with van der Waals surface area (Å²) in [6.07, 6.45) is 5.99. The number of hydrogen-bond acceptors (Lipinski definition) is 2. The van der Waals surface area contributed by atoms with E-state index in [1.807, 2.05) is 9.80 Å². The third kappa shape index (κ3) is 3.19. The molecular weight excluding hydrogens is 300 g/mol. The minimum Gasteiger partial charge on any atom is -0.334 e. The normalized spacial score (nSPS) is 23.4. The summed E-state index contributed by atoms with van der Waals surface area (Å²) in [6, 6.07) is 8.54. The standard InChI is InChI=1S/C20H26N2O2/c1-14-4-2-5-15(12-14)13-22(17-9-10-17)20(24)18-6-3-11-21(18)19(23)16-7-8-16/h2,4-5,12,16-18H,3,6-11,13H2,1H3. The van der Waals surface area contributed by atoms with Crippen LogP contribution in [0.25, 0.3) is 0 Å². The van der Waals surface area contributed by atoms with Crippen molar-refractivity contribution in [3.05, 3.63) is 35.4 Å². The van der Waals surface area contributed by atoms with Crippen molar-refractivity contribution in [3.63, 3.8) is 0 Å². The molecule has 4 rings (SSSR count). The van der Waals surface area contributed by atoms with Gasteiger partial charge in [-0.1, -0.05) is 29.8 Å². The lowest BCUT2D eigenvalue weighted by molar-refractivity contribution is -0.145. The summed E-state index contributed by atoms with van der Waals surface area (Å²) in [6.45, 7) is 3.52. The second-order valence-electron chi connectivity index (χ2n) is 7.65. The average molecular weight is 326 g/mol. The van der Waals surface area contributed by atoms with Gasteiger partial charge in [0.1, 0.15) is 6.04 Å². The van der Waals surface area contributed by atoms with Crippen LogP contribution in [0.2, 0.25) is 0 Å². The second kappa shape index (κ2) is 6.23. The van der Waals surface area contributed by atoms with E-state index >= 15 is 0 Å². The summed E-state index contributed by atoms with van der Waals surface area (Å²) >= 11 is 0. The molecule has 3 aliphatic rings. The van der Waals surface area contributed by atoms with Gasteiger partial charge >= 0.3 is 0 Å². The molecule has 1 heterocycles. The van der Waals surface area contributed by atoms with E-state index in [0.717, 1.165) is 45.1 Å². The molecule has 0 N–H and O–H groups in total. The summed E-state index contributed by atoms with van der Waals surface area (Å²) in [5, 5.41) is 0. The van der Waals surface area contributed by atoms with Crippen molar-refractivity contribution >= 4 is 11.8 Å². The summed E-state index contributed by atoms with van der Waals surface area (Å²) in [7, 11) is 0. The van der Waals surface area contributed by atoms with E-state index in [9.17, 15) is 9.59 Å². The molecule has 0 aromatic heterocycles. The predicted octanol–water partition coefficient (Wildman–Crippen LogP) is 2.89. The smallest absolute Gasteiger partial charge is 0.245 e. The number of carbonyl (C=O) groups excluding carboxylic acids is 2. The Morgan fingerprint density at radius 2 is 1.96 bits per heavy atom. The maximum atomic E-state index is 13.2. The Morgan fingerprint density at radius 3 is 2.62 bits per heavy atom. The Morgan fingerprint density at radius 1 is 1.17 bits per heavy atom. The first-order valence-electron chi connectivity index (χ1n) is 9.30. The lowest BCUT2D eigenvalue weighted by Crippen LogP contribution is -2.48. The fourth-order valence-corrected chi connectivity index (χ4v) is 3.82. The molecule has 1 atom stereocenters. The SMILES string of the molecule is Cc1cccc(CN(C(=O)C2CCCN2C(=O)C2CC2)C2CC2)c1. The van der Waals surface area contributed by atoms with E-state index in [1.54, 1.807) is 0 Å². The van der Waals surface area contributed by atoms with E-state index < -0.39 is 0 Å². The molecule has 1 unspecified atom stereocenters. The molecule has 1 aromatic carbocycles. The lowest BCUT2D eigenvalue weighted by atomic mass is 10.1. The number of rotatable bonds is 5. The van der Waals surface area contributed by atoms with Crippen LogP contribution in [0.15, 0.2) is 24.3 Å². The Balaban J connectivity index is 1.50. The number of nitrogens with zero attached hydrogens (tertiary/aromatic N) is 2. The van der Waals surface area contributed by atoms with Crippen molar-refractivity contribution in [1.82, 2.24) is 9.80 Å². The molecule has 1 aliphatic heterocycles. The zero-order chi connectivity index (χ0) is 16.7. The van der Waals surface area contributed by atoms with Crippen molar-refractivity contribution in [2.75, 3.05) is 6.54 Å². The number of amides is 2. The summed E-state index contributed by atoms with van der Waals surface area (Å²) in [4.78, 5) is 29.6. The van der Waals surface area contributed by atoms with Gasteiger partial charge in [0.05, 0.1) is 0 Å². The fraction of sp³-hybridized carbons (Fsp3) is 0.600. The topological polar surface area (TPSA) is 40.6 Å². The summed E-state index contributed by atoms with van der Waals surface area (Å²) in [5.41, 5.74) is 2.41. The van der Waals surface area contributed by atoms with Crippen molar-refractivity contribution in [1.29, 1.82) is 0 Å². The van der Waals surface area contributed by atoms with Gasteiger partial charge in [0.25, 0.3) is 0 Å². The zero-order valence-electron chi connectivity index (χ0n) is 14.4. The number of hydrogen-bond donors (Lipinski definition) is 0. The Bertz CT molecular complexity index is 649. The van der Waals surface area contributed by atoms with Gasteiger partial charge in [0, 0.05) is 25.0 Å². The highest BCUT2D eigenvalue weighted by Gasteiger charge is 2.44. The Labute approximate surface area is 143 Å². The monoisotopic (exact) mass is 326 g/mol. The van der Waals surface area contributed by atoms with Crippen molar-refractivity contribution < 1.29 is 9.59 Å². The maximum Gasteiger partial charge on any atom is 0.245 e. The highest BCUT2D eigenvalue weighted by atomic mass is 16.2. The quantitative estimate of drug-likeness (QED) is 0.835. The molecule has 2 amide bonds. The number of aryl methyl sites for hydroxylation is 1. The van der Waals surface area contributed by atoms with Crippen molar-refractivity contribution in [3.8, 4) is 0 Å². The van der Waals surface area contributed by atoms with Crippen LogP contribution in [0.4, 0.5) is 0 Å². The second-order valence-corrected chi connectivity index (χ2v) is 7.65. The van der Waals surface area contributed by atoms with Gasteiger partial charge < -0.3 is 9.80 Å². The third-order valence-corrected chi connectivity index (χ3v) is 5.45. The molecule has 0 bridgehead atoms. The van der Waals surface area contributed by atoms with Gasteiger partial charge in [-0.25, -0.2) is 0 Å². The molecule has 1 aromatic rings. The largest absolute Gasteiger partial charge is 0.334 e. The molecule has 128 valence electrons. The van der Waals surface area contributed by atoms with Crippen LogP contribution in [0.5, 0.6) is 0 Å². The summed E-state index contributed by atoms with van der Waals surface area (Å²) in [5.74, 6) is 0.590. The lowest BCUT2D eigenvalue weighted by Gasteiger charge is -2.31. The highest BCUT2D eigenvalue weighted by Crippen LogP contribution is 2.35. The van der Waals surface area contributed by atoms with Gasteiger partial charge in [-0.15, -0.1) is 0 Å². The van der Waals surface area contributed by atoms with Crippen LogP contribution in [0.3, 0.4) is 0 Å². The minimum absolute atomic E-state index is 0.172. The van der Waals surface area contributed by atoms with E-state index in [1.165, 1.54) is 11.1 Å². The first-order valence-corrected chi connectivity index (χ1v) is 9.30. The van der Waals surface area contributed by atoms with Gasteiger partial charge in [0.2, 0.25) is 11.8 Å². The predicted molar refractivity (Wildman–Crippen MR) is 92.2 cm³/mol. The Kier molecular flexibility index (Phi) is 4.07. The van der Waals surface area contributed by atoms with Crippen molar-refractivity contribution in [2.45, 2.75) is 64.1 Å². The van der Waals surface area contributed by atoms with E-state index in [4.69, 9.17) is 0 Å². The van der Waals surface area contributed by atoms with Crippen molar-refractivity contribution in [2.24, 2.45) is 5.92 Å². The minimum atomic E-state index is -0.219. The molecular formula is C20H26N2O2. The van der Waals surface area contributed by atoms with Gasteiger partial charge in [-0.3, -0.25) is 9.59 Å². The van der Waals surface area contributed by atoms with E-state index in [2.05, 4.69) is 31.2 Å². The zero-order valence-corrected chi connectivity index (χ0v) is 14.4. The van der Waals surface area contributed by atoms with Crippen LogP contribution in [-0.2, 0) is 16.1 Å². The van der Waals surface area contributed by atoms with E-state index in [-0.39, 0.29) is 23.8 Å². The molecule has 4 nitrogen and oxygen atoms in total. The highest BCUT2D eigenvalue weighted by molar-refractivity contribution is 5.90. The van der Waals surface area contributed by atoms with Crippen LogP contribution in [-0.4, -0.2) is 40.2 Å². The third-order valence-electron chi connectivity index (χ3n) is 5.45.